The summed E-state index contributed by atoms with van der Waals surface area (Å²) in [6.45, 7) is 8.38. The normalized spacial score (nSPS) is 14.8. The Bertz CT molecular complexity index is 1910. The molecule has 10 heteroatoms. The van der Waals surface area contributed by atoms with Crippen molar-refractivity contribution < 1.29 is 19.0 Å². The lowest BCUT2D eigenvalue weighted by Crippen LogP contribution is -2.39. The molecule has 44 heavy (non-hydrogen) atoms. The Labute approximate surface area is 276 Å². The number of ether oxygens (including phenoxy) is 3. The van der Waals surface area contributed by atoms with Crippen LogP contribution in [0.25, 0.3) is 6.08 Å². The van der Waals surface area contributed by atoms with Gasteiger partial charge in [-0.15, -0.1) is 0 Å². The number of hydrogen-bond acceptors (Lipinski definition) is 7. The number of methoxy groups -OCH3 is 1. The molecule has 0 N–H and O–H groups in total. The summed E-state index contributed by atoms with van der Waals surface area (Å²) in [5.74, 6) is 0.961. The fourth-order valence-corrected chi connectivity index (χ4v) is 6.91. The molecule has 0 saturated carbocycles. The summed E-state index contributed by atoms with van der Waals surface area (Å²) in [7, 11) is 1.58. The summed E-state index contributed by atoms with van der Waals surface area (Å²) >= 11 is 8.35. The van der Waals surface area contributed by atoms with E-state index in [0.29, 0.717) is 49.1 Å². The second-order valence-electron chi connectivity index (χ2n) is 10.6. The third kappa shape index (κ3) is 6.62. The van der Waals surface area contributed by atoms with Crippen molar-refractivity contribution in [2.45, 2.75) is 46.3 Å². The first-order valence-electron chi connectivity index (χ1n) is 14.2. The largest absolute Gasteiger partial charge is 0.493 e. The lowest BCUT2D eigenvalue weighted by atomic mass is 9.93. The molecule has 0 bridgehead atoms. The van der Waals surface area contributed by atoms with E-state index in [1.807, 2.05) is 60.7 Å². The lowest BCUT2D eigenvalue weighted by molar-refractivity contribution is -0.139. The highest BCUT2D eigenvalue weighted by atomic mass is 79.9. The molecule has 3 aromatic carbocycles. The molecule has 1 aromatic heterocycles. The molecule has 1 atom stereocenters. The highest BCUT2D eigenvalue weighted by Gasteiger charge is 2.33. The maximum Gasteiger partial charge on any atom is 0.338 e. The molecule has 7 nitrogen and oxygen atoms in total. The van der Waals surface area contributed by atoms with Crippen LogP contribution in [-0.2, 0) is 16.1 Å². The fourth-order valence-electron chi connectivity index (χ4n) is 5.02. The van der Waals surface area contributed by atoms with Crippen LogP contribution in [0.15, 0.2) is 90.7 Å². The molecule has 0 amide bonds. The Morgan fingerprint density at radius 2 is 1.80 bits per heavy atom. The van der Waals surface area contributed by atoms with Crippen LogP contribution in [0.5, 0.6) is 11.5 Å². The van der Waals surface area contributed by atoms with Gasteiger partial charge in [0.1, 0.15) is 6.61 Å². The van der Waals surface area contributed by atoms with Crippen LogP contribution in [0.2, 0.25) is 0 Å². The second-order valence-corrected chi connectivity index (χ2v) is 13.4. The number of thiazole rings is 1. The third-order valence-corrected chi connectivity index (χ3v) is 9.38. The number of rotatable bonds is 9. The summed E-state index contributed by atoms with van der Waals surface area (Å²) < 4.78 is 20.9. The molecule has 2 heterocycles. The number of allylic oxidation sites excluding steroid dienone is 1. The van der Waals surface area contributed by atoms with Gasteiger partial charge in [0.05, 0.1) is 40.0 Å². The van der Waals surface area contributed by atoms with Gasteiger partial charge >= 0.3 is 5.97 Å². The second kappa shape index (κ2) is 13.7. The van der Waals surface area contributed by atoms with E-state index in [-0.39, 0.29) is 12.2 Å². The van der Waals surface area contributed by atoms with Gasteiger partial charge in [-0.1, -0.05) is 77.5 Å². The average Bonchev–Trinajstić information content (AvgIpc) is 3.30. The van der Waals surface area contributed by atoms with Crippen molar-refractivity contribution in [3.05, 3.63) is 123 Å². The Hall–Kier alpha value is -3.47. The lowest BCUT2D eigenvalue weighted by Gasteiger charge is -2.25. The van der Waals surface area contributed by atoms with Crippen molar-refractivity contribution in [1.82, 2.24) is 4.57 Å². The molecule has 0 aliphatic carbocycles. The van der Waals surface area contributed by atoms with E-state index in [1.165, 1.54) is 16.9 Å². The minimum Gasteiger partial charge on any atom is -0.493 e. The molecule has 1 aliphatic heterocycles. The molecular formula is C34H32Br2N2O5S. The maximum absolute atomic E-state index is 14.0. The highest BCUT2D eigenvalue weighted by molar-refractivity contribution is 9.10. The minimum atomic E-state index is -0.663. The van der Waals surface area contributed by atoms with E-state index in [1.54, 1.807) is 31.6 Å². The average molecular weight is 741 g/mol. The van der Waals surface area contributed by atoms with Gasteiger partial charge in [-0.05, 0) is 88.3 Å². The number of aromatic nitrogens is 1. The minimum absolute atomic E-state index is 0.221. The number of esters is 1. The van der Waals surface area contributed by atoms with Crippen LogP contribution in [0.1, 0.15) is 61.9 Å². The van der Waals surface area contributed by atoms with Crippen LogP contribution in [0, 0.1) is 0 Å². The Kier molecular flexibility index (Phi) is 9.92. The molecule has 228 valence electrons. The van der Waals surface area contributed by atoms with Gasteiger partial charge < -0.3 is 14.2 Å². The van der Waals surface area contributed by atoms with Gasteiger partial charge in [-0.2, -0.15) is 0 Å². The molecule has 0 fully saturated rings. The number of benzene rings is 3. The zero-order valence-electron chi connectivity index (χ0n) is 25.0. The first-order chi connectivity index (χ1) is 21.1. The van der Waals surface area contributed by atoms with E-state index >= 15 is 0 Å². The van der Waals surface area contributed by atoms with Crippen molar-refractivity contribution in [2.75, 3.05) is 13.7 Å². The Morgan fingerprint density at radius 3 is 2.43 bits per heavy atom. The number of hydrogen-bond donors (Lipinski definition) is 0. The molecule has 0 unspecified atom stereocenters. The van der Waals surface area contributed by atoms with Crippen molar-refractivity contribution in [3.63, 3.8) is 0 Å². The van der Waals surface area contributed by atoms with Crippen LogP contribution < -0.4 is 24.4 Å². The fraction of sp³-hybridized carbons (Fsp3) is 0.265. The maximum atomic E-state index is 14.0. The molecule has 1 aliphatic rings. The summed E-state index contributed by atoms with van der Waals surface area (Å²) in [5.41, 5.74) is 4.39. The van der Waals surface area contributed by atoms with Crippen molar-refractivity contribution >= 4 is 55.2 Å². The van der Waals surface area contributed by atoms with Crippen molar-refractivity contribution in [1.29, 1.82) is 0 Å². The summed E-state index contributed by atoms with van der Waals surface area (Å²) in [4.78, 5) is 32.4. The Morgan fingerprint density at radius 1 is 1.09 bits per heavy atom. The SMILES string of the molecule is CCOC(=O)C1=C(C)N=c2s/c(=C/c3cc(Br)c(OCc4ccc(Br)cc4)c(OC)c3)c(=O)n2[C@@H]1c1ccc(C(C)C)cc1. The molecule has 0 spiro atoms. The topological polar surface area (TPSA) is 79.1 Å². The van der Waals surface area contributed by atoms with Crippen molar-refractivity contribution in [3.8, 4) is 11.5 Å². The van der Waals surface area contributed by atoms with Gasteiger partial charge in [-0.3, -0.25) is 9.36 Å². The zero-order chi connectivity index (χ0) is 31.5. The van der Waals surface area contributed by atoms with Gasteiger partial charge in [-0.25, -0.2) is 9.79 Å². The standard InChI is InChI=1S/C34H32Br2N2O5S/c1-6-42-33(40)29-20(4)37-34-38(30(29)24-11-9-23(10-12-24)19(2)3)32(39)28(44-34)17-22-15-26(36)31(27(16-22)41-5)43-18-21-7-13-25(35)14-8-21/h7-17,19,30H,6,18H2,1-5H3/b28-17+/t30-/m1/s1. The first-order valence-corrected chi connectivity index (χ1v) is 16.6. The van der Waals surface area contributed by atoms with Crippen molar-refractivity contribution in [2.24, 2.45) is 4.99 Å². The Balaban J connectivity index is 1.57. The predicted molar refractivity (Wildman–Crippen MR) is 180 cm³/mol. The molecule has 0 saturated heterocycles. The van der Waals surface area contributed by atoms with E-state index in [2.05, 4.69) is 50.7 Å². The predicted octanol–water partition coefficient (Wildman–Crippen LogP) is 7.03. The van der Waals surface area contributed by atoms with Crippen LogP contribution in [0.4, 0.5) is 0 Å². The number of nitrogens with zero attached hydrogens (tertiary/aromatic N) is 2. The molecule has 0 radical (unpaired) electrons. The third-order valence-electron chi connectivity index (χ3n) is 7.28. The van der Waals surface area contributed by atoms with E-state index in [9.17, 15) is 9.59 Å². The summed E-state index contributed by atoms with van der Waals surface area (Å²) in [6, 6.07) is 19.0. The van der Waals surface area contributed by atoms with Gasteiger partial charge in [0.15, 0.2) is 16.3 Å². The molecule has 4 aromatic rings. The number of carbonyl (C=O) groups is 1. The van der Waals surface area contributed by atoms with Gasteiger partial charge in [0.25, 0.3) is 5.56 Å². The number of fused-ring (bicyclic) bond motifs is 1. The smallest absolute Gasteiger partial charge is 0.338 e. The quantitative estimate of drug-likeness (QED) is 0.172. The summed E-state index contributed by atoms with van der Waals surface area (Å²) in [6.07, 6.45) is 1.80. The van der Waals surface area contributed by atoms with Crippen LogP contribution in [0.3, 0.4) is 0 Å². The van der Waals surface area contributed by atoms with Crippen LogP contribution in [-0.4, -0.2) is 24.3 Å². The number of carbonyl (C=O) groups excluding carboxylic acids is 1. The van der Waals surface area contributed by atoms with Crippen LogP contribution >= 0.6 is 43.2 Å². The van der Waals surface area contributed by atoms with E-state index < -0.39 is 12.0 Å². The monoisotopic (exact) mass is 738 g/mol. The molecule has 5 rings (SSSR count). The van der Waals surface area contributed by atoms with E-state index in [4.69, 9.17) is 14.2 Å². The zero-order valence-corrected chi connectivity index (χ0v) is 29.0. The highest BCUT2D eigenvalue weighted by Crippen LogP contribution is 2.37. The van der Waals surface area contributed by atoms with E-state index in [0.717, 1.165) is 21.2 Å². The first kappa shape index (κ1) is 31.9. The van der Waals surface area contributed by atoms with Gasteiger partial charge in [0.2, 0.25) is 0 Å². The number of halogens is 2. The molecular weight excluding hydrogens is 708 g/mol. The van der Waals surface area contributed by atoms with Gasteiger partial charge in [0, 0.05) is 4.47 Å². The summed E-state index contributed by atoms with van der Waals surface area (Å²) in [5, 5.41) is 0.